The molecule has 0 spiro atoms. The van der Waals surface area contributed by atoms with Gasteiger partial charge in [0.1, 0.15) is 5.75 Å². The molecule has 2 rings (SSSR count). The van der Waals surface area contributed by atoms with Crippen molar-refractivity contribution in [3.05, 3.63) is 24.3 Å². The highest BCUT2D eigenvalue weighted by atomic mass is 16.5. The Morgan fingerprint density at radius 3 is 2.62 bits per heavy atom. The van der Waals surface area contributed by atoms with Gasteiger partial charge < -0.3 is 25.0 Å². The predicted octanol–water partition coefficient (Wildman–Crippen LogP) is 1.82. The Bertz CT molecular complexity index is 598. The molecular weight excluding hydrogens is 332 g/mol. The Balaban J connectivity index is 1.84. The third kappa shape index (κ3) is 5.82. The van der Waals surface area contributed by atoms with E-state index in [4.69, 9.17) is 0 Å². The van der Waals surface area contributed by atoms with Gasteiger partial charge in [-0.05, 0) is 31.9 Å². The number of ether oxygens (including phenoxy) is 1. The second-order valence-electron chi connectivity index (χ2n) is 6.23. The van der Waals surface area contributed by atoms with Gasteiger partial charge in [-0.25, -0.2) is 0 Å². The first-order chi connectivity index (χ1) is 12.7. The number of esters is 1. The smallest absolute Gasteiger partial charge is 0.305 e. The number of anilines is 1. The Hall–Kier alpha value is -2.44. The van der Waals surface area contributed by atoms with Crippen LogP contribution in [0.15, 0.2) is 29.3 Å². The summed E-state index contributed by atoms with van der Waals surface area (Å²) in [4.78, 5) is 20.3. The number of carbonyl (C=O) groups excluding carboxylic acids is 1. The van der Waals surface area contributed by atoms with Gasteiger partial charge in [-0.2, -0.15) is 0 Å². The van der Waals surface area contributed by atoms with Gasteiger partial charge in [-0.3, -0.25) is 9.79 Å². The first-order valence-corrected chi connectivity index (χ1v) is 9.28. The average Bonchev–Trinajstić information content (AvgIpc) is 2.67. The summed E-state index contributed by atoms with van der Waals surface area (Å²) in [6.45, 7) is 6.95. The molecule has 0 aromatic heterocycles. The third-order valence-corrected chi connectivity index (χ3v) is 4.41. The van der Waals surface area contributed by atoms with Crippen molar-refractivity contribution in [3.8, 4) is 5.75 Å². The monoisotopic (exact) mass is 362 g/mol. The molecule has 0 aliphatic carbocycles. The number of para-hydroxylation sites is 2. The van der Waals surface area contributed by atoms with E-state index in [-0.39, 0.29) is 5.97 Å². The fourth-order valence-corrected chi connectivity index (χ4v) is 2.98. The van der Waals surface area contributed by atoms with Crippen molar-refractivity contribution in [2.45, 2.75) is 26.2 Å². The zero-order valence-corrected chi connectivity index (χ0v) is 15.8. The summed E-state index contributed by atoms with van der Waals surface area (Å²) in [5.41, 5.74) is 0.886. The number of phenolic OH excluding ortho intramolecular Hbond substituents is 1. The van der Waals surface area contributed by atoms with Crippen LogP contribution in [-0.2, 0) is 9.53 Å². The quantitative estimate of drug-likeness (QED) is 0.333. The maximum Gasteiger partial charge on any atom is 0.305 e. The van der Waals surface area contributed by atoms with Crippen molar-refractivity contribution >= 4 is 17.6 Å². The topological polar surface area (TPSA) is 77.4 Å². The number of rotatable bonds is 7. The number of hydrogen-bond donors (Lipinski definition) is 2. The van der Waals surface area contributed by atoms with Gasteiger partial charge in [-0.15, -0.1) is 0 Å². The van der Waals surface area contributed by atoms with Gasteiger partial charge >= 0.3 is 5.97 Å². The minimum Gasteiger partial charge on any atom is -0.506 e. The van der Waals surface area contributed by atoms with E-state index in [9.17, 15) is 9.90 Å². The highest BCUT2D eigenvalue weighted by Gasteiger charge is 2.21. The fraction of sp³-hybridized carbons (Fsp3) is 0.579. The van der Waals surface area contributed by atoms with E-state index in [1.807, 2.05) is 18.2 Å². The van der Waals surface area contributed by atoms with Crippen LogP contribution in [0.5, 0.6) is 5.75 Å². The second-order valence-corrected chi connectivity index (χ2v) is 6.23. The van der Waals surface area contributed by atoms with Crippen molar-refractivity contribution in [2.75, 3.05) is 51.3 Å². The maximum atomic E-state index is 11.1. The molecule has 1 aliphatic heterocycles. The largest absolute Gasteiger partial charge is 0.506 e. The van der Waals surface area contributed by atoms with Gasteiger partial charge in [0.2, 0.25) is 0 Å². The SMILES string of the molecule is CCNC(=NCCCCC(=O)OC)N1CCN(c2ccccc2O)CC1. The molecule has 1 heterocycles. The van der Waals surface area contributed by atoms with E-state index >= 15 is 0 Å². The lowest BCUT2D eigenvalue weighted by Crippen LogP contribution is -2.52. The van der Waals surface area contributed by atoms with E-state index in [0.717, 1.165) is 57.2 Å². The number of phenols is 1. The minimum absolute atomic E-state index is 0.166. The zero-order valence-electron chi connectivity index (χ0n) is 15.8. The summed E-state index contributed by atoms with van der Waals surface area (Å²) < 4.78 is 4.65. The van der Waals surface area contributed by atoms with E-state index in [0.29, 0.717) is 18.7 Å². The number of hydrogen-bond acceptors (Lipinski definition) is 5. The molecule has 7 nitrogen and oxygen atoms in total. The molecule has 2 N–H and O–H groups in total. The normalized spacial score (nSPS) is 15.1. The molecule has 0 radical (unpaired) electrons. The van der Waals surface area contributed by atoms with E-state index < -0.39 is 0 Å². The zero-order chi connectivity index (χ0) is 18.8. The van der Waals surface area contributed by atoms with Gasteiger partial charge in [-0.1, -0.05) is 12.1 Å². The van der Waals surface area contributed by atoms with Gasteiger partial charge in [0.15, 0.2) is 5.96 Å². The molecule has 0 unspecified atom stereocenters. The van der Waals surface area contributed by atoms with Crippen LogP contribution in [0.2, 0.25) is 0 Å². The number of piperazine rings is 1. The Labute approximate surface area is 155 Å². The van der Waals surface area contributed by atoms with Crippen LogP contribution >= 0.6 is 0 Å². The van der Waals surface area contributed by atoms with Crippen LogP contribution in [0.25, 0.3) is 0 Å². The summed E-state index contributed by atoms with van der Waals surface area (Å²) in [7, 11) is 1.42. The molecule has 0 saturated carbocycles. The number of aromatic hydroxyl groups is 1. The number of benzene rings is 1. The van der Waals surface area contributed by atoms with Crippen LogP contribution in [0.1, 0.15) is 26.2 Å². The standard InChI is InChI=1S/C19H30N4O3/c1-3-20-19(21-11-7-6-10-18(25)26-2)23-14-12-22(13-15-23)16-8-4-5-9-17(16)24/h4-5,8-9,24H,3,6-7,10-15H2,1-2H3,(H,20,21). The Morgan fingerprint density at radius 1 is 1.23 bits per heavy atom. The lowest BCUT2D eigenvalue weighted by Gasteiger charge is -2.37. The first-order valence-electron chi connectivity index (χ1n) is 9.28. The van der Waals surface area contributed by atoms with Crippen LogP contribution in [0.3, 0.4) is 0 Å². The minimum atomic E-state index is -0.166. The maximum absolute atomic E-state index is 11.1. The lowest BCUT2D eigenvalue weighted by molar-refractivity contribution is -0.140. The fourth-order valence-electron chi connectivity index (χ4n) is 2.98. The predicted molar refractivity (Wildman–Crippen MR) is 104 cm³/mol. The van der Waals surface area contributed by atoms with Gasteiger partial charge in [0.05, 0.1) is 12.8 Å². The highest BCUT2D eigenvalue weighted by molar-refractivity contribution is 5.80. The molecule has 26 heavy (non-hydrogen) atoms. The van der Waals surface area contributed by atoms with Crippen LogP contribution in [-0.4, -0.2) is 68.3 Å². The summed E-state index contributed by atoms with van der Waals surface area (Å²) in [6.07, 6.45) is 2.10. The molecule has 1 aromatic rings. The molecule has 1 fully saturated rings. The van der Waals surface area contributed by atoms with E-state index in [1.54, 1.807) is 6.07 Å². The molecular formula is C19H30N4O3. The van der Waals surface area contributed by atoms with Gasteiger partial charge in [0.25, 0.3) is 0 Å². The molecule has 144 valence electrons. The second kappa shape index (κ2) is 10.5. The third-order valence-electron chi connectivity index (χ3n) is 4.41. The number of aliphatic imine (C=N–C) groups is 1. The Morgan fingerprint density at radius 2 is 1.96 bits per heavy atom. The molecule has 7 heteroatoms. The van der Waals surface area contributed by atoms with E-state index in [1.165, 1.54) is 7.11 Å². The number of unbranched alkanes of at least 4 members (excludes halogenated alkanes) is 1. The molecule has 1 aromatic carbocycles. The summed E-state index contributed by atoms with van der Waals surface area (Å²) >= 11 is 0. The number of nitrogens with zero attached hydrogens (tertiary/aromatic N) is 3. The van der Waals surface area contributed by atoms with Crippen molar-refractivity contribution in [1.82, 2.24) is 10.2 Å². The van der Waals surface area contributed by atoms with E-state index in [2.05, 4.69) is 31.8 Å². The number of carbonyl (C=O) groups is 1. The molecule has 1 aliphatic rings. The summed E-state index contributed by atoms with van der Waals surface area (Å²) in [5.74, 6) is 1.08. The lowest BCUT2D eigenvalue weighted by atomic mass is 10.2. The van der Waals surface area contributed by atoms with Crippen molar-refractivity contribution in [1.29, 1.82) is 0 Å². The molecule has 0 amide bonds. The number of guanidine groups is 1. The average molecular weight is 362 g/mol. The number of nitrogens with one attached hydrogen (secondary N) is 1. The van der Waals surface area contributed by atoms with Crippen LogP contribution in [0.4, 0.5) is 5.69 Å². The number of methoxy groups -OCH3 is 1. The molecule has 1 saturated heterocycles. The first kappa shape index (κ1) is 19.9. The molecule has 0 bridgehead atoms. The van der Waals surface area contributed by atoms with Crippen molar-refractivity contribution < 1.29 is 14.6 Å². The van der Waals surface area contributed by atoms with Crippen LogP contribution in [0, 0.1) is 0 Å². The highest BCUT2D eigenvalue weighted by Crippen LogP contribution is 2.27. The Kier molecular flexibility index (Phi) is 8.05. The summed E-state index contributed by atoms with van der Waals surface area (Å²) in [5, 5.41) is 13.4. The van der Waals surface area contributed by atoms with Gasteiger partial charge in [0, 0.05) is 45.7 Å². The summed E-state index contributed by atoms with van der Waals surface area (Å²) in [6, 6.07) is 7.46. The van der Waals surface area contributed by atoms with Crippen molar-refractivity contribution in [2.24, 2.45) is 4.99 Å². The van der Waals surface area contributed by atoms with Crippen LogP contribution < -0.4 is 10.2 Å². The molecule has 0 atom stereocenters. The van der Waals surface area contributed by atoms with Crippen molar-refractivity contribution in [3.63, 3.8) is 0 Å².